The number of nitrogens with zero attached hydrogens (tertiary/aromatic N) is 2. The highest BCUT2D eigenvalue weighted by atomic mass is 79.9. The third kappa shape index (κ3) is 2.70. The van der Waals surface area contributed by atoms with E-state index in [-0.39, 0.29) is 0 Å². The SMILES string of the molecule is CNc1nccc(NCc2cc(Br)cc3c2OCC3)n1. The number of rotatable bonds is 4. The average Bonchev–Trinajstić information content (AvgIpc) is 2.93. The molecule has 2 heterocycles. The number of halogens is 1. The Balaban J connectivity index is 1.78. The normalized spacial score (nSPS) is 12.7. The van der Waals surface area contributed by atoms with Gasteiger partial charge in [-0.15, -0.1) is 0 Å². The first kappa shape index (κ1) is 13.2. The summed E-state index contributed by atoms with van der Waals surface area (Å²) in [6.45, 7) is 1.43. The summed E-state index contributed by atoms with van der Waals surface area (Å²) >= 11 is 3.55. The van der Waals surface area contributed by atoms with Crippen LogP contribution in [0.3, 0.4) is 0 Å². The van der Waals surface area contributed by atoms with Crippen LogP contribution in [0, 0.1) is 0 Å². The fourth-order valence-electron chi connectivity index (χ4n) is 2.24. The van der Waals surface area contributed by atoms with Crippen molar-refractivity contribution in [3.8, 4) is 5.75 Å². The first-order chi connectivity index (χ1) is 9.76. The maximum absolute atomic E-state index is 5.71. The van der Waals surface area contributed by atoms with E-state index in [0.29, 0.717) is 12.5 Å². The van der Waals surface area contributed by atoms with Gasteiger partial charge >= 0.3 is 0 Å². The molecule has 0 saturated heterocycles. The van der Waals surface area contributed by atoms with Gasteiger partial charge in [-0.2, -0.15) is 4.98 Å². The van der Waals surface area contributed by atoms with Crippen molar-refractivity contribution in [1.82, 2.24) is 9.97 Å². The maximum atomic E-state index is 5.71. The quantitative estimate of drug-likeness (QED) is 0.900. The van der Waals surface area contributed by atoms with Crippen molar-refractivity contribution in [1.29, 1.82) is 0 Å². The number of hydrogen-bond acceptors (Lipinski definition) is 5. The second kappa shape index (κ2) is 5.66. The van der Waals surface area contributed by atoms with Crippen LogP contribution >= 0.6 is 15.9 Å². The third-order valence-electron chi connectivity index (χ3n) is 3.16. The van der Waals surface area contributed by atoms with Crippen molar-refractivity contribution in [2.24, 2.45) is 0 Å². The lowest BCUT2D eigenvalue weighted by molar-refractivity contribution is 0.354. The fraction of sp³-hybridized carbons (Fsp3) is 0.286. The van der Waals surface area contributed by atoms with Gasteiger partial charge in [0.25, 0.3) is 0 Å². The summed E-state index contributed by atoms with van der Waals surface area (Å²) in [7, 11) is 1.80. The fourth-order valence-corrected chi connectivity index (χ4v) is 2.79. The monoisotopic (exact) mass is 334 g/mol. The Hall–Kier alpha value is -1.82. The van der Waals surface area contributed by atoms with E-state index >= 15 is 0 Å². The topological polar surface area (TPSA) is 59.1 Å². The van der Waals surface area contributed by atoms with E-state index in [1.807, 2.05) is 6.07 Å². The molecule has 0 bridgehead atoms. The van der Waals surface area contributed by atoms with Crippen LogP contribution in [-0.2, 0) is 13.0 Å². The highest BCUT2D eigenvalue weighted by Gasteiger charge is 2.17. The predicted molar refractivity (Wildman–Crippen MR) is 82.2 cm³/mol. The molecule has 0 atom stereocenters. The van der Waals surface area contributed by atoms with Crippen LogP contribution in [0.5, 0.6) is 5.75 Å². The maximum Gasteiger partial charge on any atom is 0.224 e. The van der Waals surface area contributed by atoms with Gasteiger partial charge in [0.1, 0.15) is 11.6 Å². The summed E-state index contributed by atoms with van der Waals surface area (Å²) in [5.41, 5.74) is 2.39. The lowest BCUT2D eigenvalue weighted by atomic mass is 10.1. The third-order valence-corrected chi connectivity index (χ3v) is 3.62. The van der Waals surface area contributed by atoms with Gasteiger partial charge in [-0.25, -0.2) is 4.98 Å². The molecule has 6 heteroatoms. The molecule has 5 nitrogen and oxygen atoms in total. The number of ether oxygens (including phenoxy) is 1. The van der Waals surface area contributed by atoms with Crippen LogP contribution in [0.25, 0.3) is 0 Å². The summed E-state index contributed by atoms with van der Waals surface area (Å²) < 4.78 is 6.79. The number of hydrogen-bond donors (Lipinski definition) is 2. The molecule has 2 aromatic rings. The van der Waals surface area contributed by atoms with E-state index in [2.05, 4.69) is 48.7 Å². The minimum Gasteiger partial charge on any atom is -0.493 e. The Morgan fingerprint density at radius 2 is 2.30 bits per heavy atom. The summed E-state index contributed by atoms with van der Waals surface area (Å²) in [6.07, 6.45) is 2.70. The number of fused-ring (bicyclic) bond motifs is 1. The molecule has 0 spiro atoms. The zero-order valence-electron chi connectivity index (χ0n) is 11.1. The molecule has 1 aromatic heterocycles. The molecule has 0 fully saturated rings. The Morgan fingerprint density at radius 1 is 1.40 bits per heavy atom. The van der Waals surface area contributed by atoms with E-state index in [0.717, 1.165) is 34.6 Å². The average molecular weight is 335 g/mol. The molecule has 104 valence electrons. The van der Waals surface area contributed by atoms with E-state index < -0.39 is 0 Å². The van der Waals surface area contributed by atoms with Crippen molar-refractivity contribution in [3.05, 3.63) is 40.0 Å². The smallest absolute Gasteiger partial charge is 0.224 e. The van der Waals surface area contributed by atoms with Crippen molar-refractivity contribution in [2.75, 3.05) is 24.3 Å². The largest absolute Gasteiger partial charge is 0.493 e. The van der Waals surface area contributed by atoms with Gasteiger partial charge < -0.3 is 15.4 Å². The minimum atomic E-state index is 0.603. The lowest BCUT2D eigenvalue weighted by Gasteiger charge is -2.11. The molecule has 2 N–H and O–H groups in total. The van der Waals surface area contributed by atoms with E-state index in [4.69, 9.17) is 4.74 Å². The second-order valence-electron chi connectivity index (χ2n) is 4.52. The van der Waals surface area contributed by atoms with Gasteiger partial charge in [0.2, 0.25) is 5.95 Å². The molecule has 20 heavy (non-hydrogen) atoms. The van der Waals surface area contributed by atoms with Gasteiger partial charge in [0.05, 0.1) is 6.61 Å². The van der Waals surface area contributed by atoms with Crippen LogP contribution in [0.1, 0.15) is 11.1 Å². The first-order valence-electron chi connectivity index (χ1n) is 6.45. The van der Waals surface area contributed by atoms with Crippen molar-refractivity contribution in [2.45, 2.75) is 13.0 Å². The molecule has 0 amide bonds. The molecule has 0 saturated carbocycles. The molecule has 1 aliphatic heterocycles. The van der Waals surface area contributed by atoms with Crippen LogP contribution in [0.15, 0.2) is 28.9 Å². The highest BCUT2D eigenvalue weighted by Crippen LogP contribution is 2.33. The van der Waals surface area contributed by atoms with Crippen LogP contribution in [0.2, 0.25) is 0 Å². The number of anilines is 2. The van der Waals surface area contributed by atoms with E-state index in [1.54, 1.807) is 13.2 Å². The molecule has 0 radical (unpaired) electrons. The molecular weight excluding hydrogens is 320 g/mol. The molecule has 3 rings (SSSR count). The first-order valence-corrected chi connectivity index (χ1v) is 7.24. The van der Waals surface area contributed by atoms with Crippen LogP contribution in [0.4, 0.5) is 11.8 Å². The van der Waals surface area contributed by atoms with Crippen molar-refractivity contribution < 1.29 is 4.74 Å². The predicted octanol–water partition coefficient (Wildman–Crippen LogP) is 2.83. The summed E-state index contributed by atoms with van der Waals surface area (Å²) in [4.78, 5) is 8.43. The lowest BCUT2D eigenvalue weighted by Crippen LogP contribution is -2.05. The van der Waals surface area contributed by atoms with E-state index in [1.165, 1.54) is 5.56 Å². The van der Waals surface area contributed by atoms with Gasteiger partial charge in [-0.1, -0.05) is 15.9 Å². The van der Waals surface area contributed by atoms with Crippen molar-refractivity contribution in [3.63, 3.8) is 0 Å². The van der Waals surface area contributed by atoms with Gasteiger partial charge in [-0.05, 0) is 23.8 Å². The number of aromatic nitrogens is 2. The Labute approximate surface area is 125 Å². The van der Waals surface area contributed by atoms with Gasteiger partial charge in [-0.3, -0.25) is 0 Å². The Kier molecular flexibility index (Phi) is 3.73. The van der Waals surface area contributed by atoms with Crippen LogP contribution < -0.4 is 15.4 Å². The molecule has 1 aromatic carbocycles. The number of benzene rings is 1. The number of nitrogens with one attached hydrogen (secondary N) is 2. The molecule has 0 unspecified atom stereocenters. The molecular formula is C14H15BrN4O. The van der Waals surface area contributed by atoms with Crippen molar-refractivity contribution >= 4 is 27.7 Å². The molecule has 0 aliphatic carbocycles. The van der Waals surface area contributed by atoms with Gasteiger partial charge in [0, 0.05) is 36.2 Å². The highest BCUT2D eigenvalue weighted by molar-refractivity contribution is 9.10. The standard InChI is InChI=1S/C14H15BrN4O/c1-16-14-17-4-2-12(19-14)18-8-10-7-11(15)6-9-3-5-20-13(9)10/h2,4,6-7H,3,5,8H2,1H3,(H2,16,17,18,19). The second-order valence-corrected chi connectivity index (χ2v) is 5.44. The van der Waals surface area contributed by atoms with Gasteiger partial charge in [0.15, 0.2) is 0 Å². The van der Waals surface area contributed by atoms with Crippen LogP contribution in [-0.4, -0.2) is 23.6 Å². The minimum absolute atomic E-state index is 0.603. The molecule has 1 aliphatic rings. The Bertz CT molecular complexity index is 633. The summed E-state index contributed by atoms with van der Waals surface area (Å²) in [5, 5.41) is 6.22. The van der Waals surface area contributed by atoms with E-state index in [9.17, 15) is 0 Å². The zero-order chi connectivity index (χ0) is 13.9. The summed E-state index contributed by atoms with van der Waals surface area (Å²) in [6, 6.07) is 6.05. The zero-order valence-corrected chi connectivity index (χ0v) is 12.7. The summed E-state index contributed by atoms with van der Waals surface area (Å²) in [5.74, 6) is 2.39. The Morgan fingerprint density at radius 3 is 3.15 bits per heavy atom.